The molecule has 0 bridgehead atoms. The van der Waals surface area contributed by atoms with Crippen LogP contribution < -0.4 is 0 Å². The molecule has 3 heterocycles. The zero-order valence-corrected chi connectivity index (χ0v) is 29.5. The van der Waals surface area contributed by atoms with Crippen LogP contribution in [0.1, 0.15) is 11.1 Å². The van der Waals surface area contributed by atoms with E-state index in [9.17, 15) is 10.5 Å². The Bertz CT molecular complexity index is 3400. The summed E-state index contributed by atoms with van der Waals surface area (Å²) in [6, 6.07) is 66.0. The lowest BCUT2D eigenvalue weighted by molar-refractivity contribution is 1.16. The predicted octanol–water partition coefficient (Wildman–Crippen LogP) is 12.4. The van der Waals surface area contributed by atoms with Gasteiger partial charge in [0.05, 0.1) is 61.7 Å². The van der Waals surface area contributed by atoms with Crippen molar-refractivity contribution in [1.82, 2.24) is 13.7 Å². The molecule has 0 saturated heterocycles. The molecule has 0 fully saturated rings. The van der Waals surface area contributed by atoms with E-state index in [1.54, 1.807) is 0 Å². The van der Waals surface area contributed by atoms with Crippen LogP contribution in [-0.2, 0) is 0 Å². The maximum absolute atomic E-state index is 10.5. The fourth-order valence-electron chi connectivity index (χ4n) is 8.74. The Hall–Kier alpha value is -7.86. The van der Waals surface area contributed by atoms with Gasteiger partial charge in [0, 0.05) is 38.0 Å². The number of rotatable bonds is 4. The average molecular weight is 700 g/mol. The Kier molecular flexibility index (Phi) is 6.61. The molecule has 0 amide bonds. The van der Waals surface area contributed by atoms with E-state index in [4.69, 9.17) is 0 Å². The highest BCUT2D eigenvalue weighted by Gasteiger charge is 2.21. The molecule has 0 aliphatic carbocycles. The van der Waals surface area contributed by atoms with Crippen LogP contribution >= 0.6 is 0 Å². The zero-order chi connectivity index (χ0) is 36.6. The SMILES string of the molecule is N#Cc1ccc2c(c1)c1ccccc1n2-c1ccc(-c2ccc(C#N)c(-n3c4ccccc4c4c(-n5c6ccccc6c6ccccc65)cccc43)c2)cc1. The van der Waals surface area contributed by atoms with Gasteiger partial charge in [-0.1, -0.05) is 97.1 Å². The maximum Gasteiger partial charge on any atom is 0.101 e. The van der Waals surface area contributed by atoms with Gasteiger partial charge in [-0.05, 0) is 90.0 Å². The van der Waals surface area contributed by atoms with E-state index in [2.05, 4.69) is 165 Å². The zero-order valence-electron chi connectivity index (χ0n) is 29.5. The summed E-state index contributed by atoms with van der Waals surface area (Å²) in [4.78, 5) is 0. The summed E-state index contributed by atoms with van der Waals surface area (Å²) >= 11 is 0. The Balaban J connectivity index is 1.09. The van der Waals surface area contributed by atoms with Crippen LogP contribution in [0, 0.1) is 22.7 Å². The highest BCUT2D eigenvalue weighted by atomic mass is 15.0. The first kappa shape index (κ1) is 30.7. The lowest BCUT2D eigenvalue weighted by atomic mass is 10.0. The lowest BCUT2D eigenvalue weighted by Crippen LogP contribution is -1.99. The molecule has 5 nitrogen and oxygen atoms in total. The Labute approximate surface area is 316 Å². The Morgan fingerprint density at radius 3 is 1.53 bits per heavy atom. The topological polar surface area (TPSA) is 62.4 Å². The number of nitrogens with zero attached hydrogens (tertiary/aromatic N) is 5. The Morgan fingerprint density at radius 1 is 0.345 bits per heavy atom. The molecular weight excluding hydrogens is 671 g/mol. The van der Waals surface area contributed by atoms with Crippen molar-refractivity contribution in [3.05, 3.63) is 187 Å². The standard InChI is InChI=1S/C50H29N5/c51-30-32-20-27-46-41(28-32)39-12-3-5-14-42(39)53(46)36-25-23-33(24-26-36)34-21-22-35(31-52)49(29-34)55-45-17-8-4-13-40(45)50-47(18-9-19-48(50)55)54-43-15-6-1-10-37(43)38-11-2-7-16-44(38)54/h1-29H. The summed E-state index contributed by atoms with van der Waals surface area (Å²) in [6.45, 7) is 0. The summed E-state index contributed by atoms with van der Waals surface area (Å²) in [5, 5.41) is 27.0. The minimum atomic E-state index is 0.604. The molecule has 11 aromatic rings. The quantitative estimate of drug-likeness (QED) is 0.184. The molecule has 0 saturated carbocycles. The highest BCUT2D eigenvalue weighted by molar-refractivity contribution is 6.16. The van der Waals surface area contributed by atoms with Crippen molar-refractivity contribution in [2.24, 2.45) is 0 Å². The van der Waals surface area contributed by atoms with Crippen LogP contribution in [0.5, 0.6) is 0 Å². The number of benzene rings is 8. The second kappa shape index (κ2) is 11.8. The molecule has 0 N–H and O–H groups in total. The van der Waals surface area contributed by atoms with Crippen LogP contribution in [0.2, 0.25) is 0 Å². The van der Waals surface area contributed by atoms with Gasteiger partial charge in [-0.3, -0.25) is 0 Å². The molecule has 3 aromatic heterocycles. The number of nitriles is 2. The van der Waals surface area contributed by atoms with Crippen LogP contribution in [0.3, 0.4) is 0 Å². The van der Waals surface area contributed by atoms with E-state index in [1.165, 1.54) is 10.8 Å². The van der Waals surface area contributed by atoms with Crippen molar-refractivity contribution < 1.29 is 0 Å². The molecule has 5 heteroatoms. The number of fused-ring (bicyclic) bond motifs is 9. The molecule has 0 atom stereocenters. The molecule has 55 heavy (non-hydrogen) atoms. The largest absolute Gasteiger partial charge is 0.309 e. The van der Waals surface area contributed by atoms with Crippen molar-refractivity contribution in [2.75, 3.05) is 0 Å². The lowest BCUT2D eigenvalue weighted by Gasteiger charge is -2.14. The third kappa shape index (κ3) is 4.45. The maximum atomic E-state index is 10.5. The van der Waals surface area contributed by atoms with Gasteiger partial charge in [0.1, 0.15) is 6.07 Å². The first-order valence-corrected chi connectivity index (χ1v) is 18.3. The minimum Gasteiger partial charge on any atom is -0.309 e. The van der Waals surface area contributed by atoms with Crippen molar-refractivity contribution in [2.45, 2.75) is 0 Å². The van der Waals surface area contributed by atoms with E-state index in [-0.39, 0.29) is 0 Å². The number of hydrogen-bond donors (Lipinski definition) is 0. The van der Waals surface area contributed by atoms with Gasteiger partial charge in [-0.15, -0.1) is 0 Å². The monoisotopic (exact) mass is 699 g/mol. The van der Waals surface area contributed by atoms with E-state index in [0.29, 0.717) is 11.1 Å². The summed E-state index contributed by atoms with van der Waals surface area (Å²) in [5.41, 5.74) is 12.8. The smallest absolute Gasteiger partial charge is 0.101 e. The molecule has 0 spiro atoms. The van der Waals surface area contributed by atoms with Crippen LogP contribution in [0.4, 0.5) is 0 Å². The highest BCUT2D eigenvalue weighted by Crippen LogP contribution is 2.41. The number of hydrogen-bond acceptors (Lipinski definition) is 2. The first-order valence-electron chi connectivity index (χ1n) is 18.3. The molecular formula is C50H29N5. The van der Waals surface area contributed by atoms with Crippen molar-refractivity contribution in [3.8, 4) is 40.3 Å². The van der Waals surface area contributed by atoms with E-state index in [0.717, 1.165) is 82.8 Å². The summed E-state index contributed by atoms with van der Waals surface area (Å²) in [6.07, 6.45) is 0. The van der Waals surface area contributed by atoms with Gasteiger partial charge in [-0.2, -0.15) is 10.5 Å². The second-order valence-corrected chi connectivity index (χ2v) is 14.0. The van der Waals surface area contributed by atoms with Gasteiger partial charge < -0.3 is 13.7 Å². The average Bonchev–Trinajstić information content (AvgIpc) is 3.89. The second-order valence-electron chi connectivity index (χ2n) is 14.0. The van der Waals surface area contributed by atoms with E-state index < -0.39 is 0 Å². The summed E-state index contributed by atoms with van der Waals surface area (Å²) in [7, 11) is 0. The van der Waals surface area contributed by atoms with E-state index >= 15 is 0 Å². The van der Waals surface area contributed by atoms with Gasteiger partial charge in [0.15, 0.2) is 0 Å². The number of para-hydroxylation sites is 4. The van der Waals surface area contributed by atoms with Crippen molar-refractivity contribution in [1.29, 1.82) is 10.5 Å². The molecule has 0 aliphatic heterocycles. The summed E-state index contributed by atoms with van der Waals surface area (Å²) in [5.74, 6) is 0. The van der Waals surface area contributed by atoms with Gasteiger partial charge in [0.25, 0.3) is 0 Å². The molecule has 0 aliphatic rings. The molecule has 254 valence electrons. The normalized spacial score (nSPS) is 11.6. The van der Waals surface area contributed by atoms with E-state index in [1.807, 2.05) is 36.4 Å². The van der Waals surface area contributed by atoms with Gasteiger partial charge in [-0.25, -0.2) is 0 Å². The third-order valence-electron chi connectivity index (χ3n) is 11.1. The molecule has 8 aromatic carbocycles. The number of aromatic nitrogens is 3. The fraction of sp³-hybridized carbons (Fsp3) is 0. The Morgan fingerprint density at radius 2 is 0.873 bits per heavy atom. The predicted molar refractivity (Wildman–Crippen MR) is 224 cm³/mol. The fourth-order valence-corrected chi connectivity index (χ4v) is 8.74. The molecule has 11 rings (SSSR count). The molecule has 0 unspecified atom stereocenters. The van der Waals surface area contributed by atoms with Gasteiger partial charge >= 0.3 is 0 Å². The molecule has 0 radical (unpaired) electrons. The van der Waals surface area contributed by atoms with Crippen LogP contribution in [-0.4, -0.2) is 13.7 Å². The first-order chi connectivity index (χ1) is 27.2. The minimum absolute atomic E-state index is 0.604. The van der Waals surface area contributed by atoms with Crippen molar-refractivity contribution in [3.63, 3.8) is 0 Å². The summed E-state index contributed by atoms with van der Waals surface area (Å²) < 4.78 is 6.89. The van der Waals surface area contributed by atoms with Gasteiger partial charge in [0.2, 0.25) is 0 Å². The van der Waals surface area contributed by atoms with Crippen LogP contribution in [0.15, 0.2) is 176 Å². The van der Waals surface area contributed by atoms with Crippen LogP contribution in [0.25, 0.3) is 93.6 Å². The van der Waals surface area contributed by atoms with Crippen molar-refractivity contribution >= 4 is 65.4 Å². The third-order valence-corrected chi connectivity index (χ3v) is 11.1.